The number of carbonyl (C=O) groups is 1. The monoisotopic (exact) mass is 391 g/mol. The summed E-state index contributed by atoms with van der Waals surface area (Å²) in [5.41, 5.74) is 9.96. The van der Waals surface area contributed by atoms with Gasteiger partial charge in [0.15, 0.2) is 0 Å². The maximum absolute atomic E-state index is 11.9. The Kier molecular flexibility index (Phi) is 6.73. The fourth-order valence-electron chi connectivity index (χ4n) is 3.75. The first kappa shape index (κ1) is 20.7. The fraction of sp³-hybridized carbons (Fsp3) is 0.292. The summed E-state index contributed by atoms with van der Waals surface area (Å²) in [6.45, 7) is 5.75. The number of primary amides is 1. The molecule has 0 radical (unpaired) electrons. The highest BCUT2D eigenvalue weighted by Gasteiger charge is 2.21. The second kappa shape index (κ2) is 9.43. The minimum absolute atomic E-state index is 0.220. The van der Waals surface area contributed by atoms with Gasteiger partial charge < -0.3 is 20.7 Å². The predicted octanol–water partition coefficient (Wildman–Crippen LogP) is 4.44. The zero-order valence-corrected chi connectivity index (χ0v) is 16.8. The van der Waals surface area contributed by atoms with E-state index in [1.165, 1.54) is 0 Å². The molecule has 29 heavy (non-hydrogen) atoms. The van der Waals surface area contributed by atoms with Crippen molar-refractivity contribution in [1.29, 1.82) is 0 Å². The van der Waals surface area contributed by atoms with Gasteiger partial charge in [-0.15, -0.1) is 0 Å². The van der Waals surface area contributed by atoms with Crippen LogP contribution in [0.2, 0.25) is 0 Å². The maximum atomic E-state index is 11.9. The molecule has 0 bridgehead atoms. The molecular weight excluding hydrogens is 362 g/mol. The van der Waals surface area contributed by atoms with Gasteiger partial charge in [0, 0.05) is 29.3 Å². The Balaban J connectivity index is 1.92. The van der Waals surface area contributed by atoms with Gasteiger partial charge in [0.25, 0.3) is 5.91 Å². The molecule has 2 aromatic rings. The summed E-state index contributed by atoms with van der Waals surface area (Å²) in [4.78, 5) is 11.9. The molecule has 5 heteroatoms. The van der Waals surface area contributed by atoms with E-state index in [0.717, 1.165) is 48.3 Å². The van der Waals surface area contributed by atoms with Gasteiger partial charge in [-0.2, -0.15) is 0 Å². The number of amides is 1. The number of nitrogens with one attached hydrogen (secondary N) is 1. The number of allylic oxidation sites excluding steroid dienone is 5. The lowest BCUT2D eigenvalue weighted by Crippen LogP contribution is -2.29. The highest BCUT2D eigenvalue weighted by Crippen LogP contribution is 2.28. The minimum atomic E-state index is -0.451. The lowest BCUT2D eigenvalue weighted by Gasteiger charge is -2.28. The molecule has 0 saturated heterocycles. The number of nitrogens with zero attached hydrogens (tertiary/aromatic N) is 1. The lowest BCUT2D eigenvalue weighted by molar-refractivity contribution is 0.100. The van der Waals surface area contributed by atoms with Crippen molar-refractivity contribution >= 4 is 17.2 Å². The van der Waals surface area contributed by atoms with Crippen LogP contribution in [0, 0.1) is 0 Å². The summed E-state index contributed by atoms with van der Waals surface area (Å²) >= 11 is 0. The van der Waals surface area contributed by atoms with E-state index in [1.54, 1.807) is 12.1 Å². The molecule has 1 aromatic heterocycles. The van der Waals surface area contributed by atoms with Crippen LogP contribution in [-0.4, -0.2) is 27.7 Å². The molecule has 3 rings (SSSR count). The predicted molar refractivity (Wildman–Crippen MR) is 119 cm³/mol. The second-order valence-corrected chi connectivity index (χ2v) is 7.48. The van der Waals surface area contributed by atoms with Crippen molar-refractivity contribution < 1.29 is 9.90 Å². The van der Waals surface area contributed by atoms with Gasteiger partial charge in [-0.25, -0.2) is 0 Å². The van der Waals surface area contributed by atoms with Crippen molar-refractivity contribution in [3.05, 3.63) is 78.7 Å². The van der Waals surface area contributed by atoms with Crippen LogP contribution in [-0.2, 0) is 0 Å². The van der Waals surface area contributed by atoms with Crippen molar-refractivity contribution in [3.8, 4) is 5.69 Å². The Labute approximate surface area is 172 Å². The number of rotatable bonds is 7. The number of anilines is 1. The Bertz CT molecular complexity index is 931. The number of benzene rings is 1. The molecule has 1 amide bonds. The average molecular weight is 392 g/mol. The first-order valence-electron chi connectivity index (χ1n) is 10.0. The van der Waals surface area contributed by atoms with Crippen molar-refractivity contribution in [1.82, 2.24) is 4.57 Å². The van der Waals surface area contributed by atoms with Gasteiger partial charge in [-0.05, 0) is 68.5 Å². The van der Waals surface area contributed by atoms with E-state index in [0.29, 0.717) is 5.56 Å². The minimum Gasteiger partial charge on any atom is -0.393 e. The standard InChI is InChI=1S/C24H29N3O2/c1-3-4-5-7-17(2)23-8-6-15-27(23)19-11-14-21(24(25)29)22(16-19)26-18-9-12-20(28)13-10-18/h3-8,11,14-16,18,20,26,28H,1,9-10,12-13H2,2H3,(H2,25,29)/b5-4-,17-7+/t18-,20-. The first-order chi connectivity index (χ1) is 14.0. The van der Waals surface area contributed by atoms with Crippen LogP contribution in [0.15, 0.2) is 67.4 Å². The van der Waals surface area contributed by atoms with E-state index < -0.39 is 5.91 Å². The van der Waals surface area contributed by atoms with Gasteiger partial charge in [-0.3, -0.25) is 4.79 Å². The lowest BCUT2D eigenvalue weighted by atomic mass is 9.92. The summed E-state index contributed by atoms with van der Waals surface area (Å²) in [6.07, 6.45) is 12.7. The molecule has 1 saturated carbocycles. The largest absolute Gasteiger partial charge is 0.393 e. The zero-order valence-electron chi connectivity index (χ0n) is 16.8. The summed E-state index contributed by atoms with van der Waals surface area (Å²) < 4.78 is 2.09. The second-order valence-electron chi connectivity index (χ2n) is 7.48. The van der Waals surface area contributed by atoms with Crippen LogP contribution in [0.25, 0.3) is 11.3 Å². The summed E-state index contributed by atoms with van der Waals surface area (Å²) in [7, 11) is 0. The highest BCUT2D eigenvalue weighted by atomic mass is 16.3. The molecule has 1 aromatic carbocycles. The van der Waals surface area contributed by atoms with Crippen molar-refractivity contribution in [2.75, 3.05) is 5.32 Å². The maximum Gasteiger partial charge on any atom is 0.250 e. The molecular formula is C24H29N3O2. The number of nitrogens with two attached hydrogens (primary N) is 1. The number of carbonyl (C=O) groups excluding carboxylic acids is 1. The smallest absolute Gasteiger partial charge is 0.250 e. The normalized spacial score (nSPS) is 20.0. The third-order valence-electron chi connectivity index (χ3n) is 5.35. The molecule has 152 valence electrons. The molecule has 1 aliphatic rings. The van der Waals surface area contributed by atoms with E-state index in [4.69, 9.17) is 5.73 Å². The van der Waals surface area contributed by atoms with Crippen LogP contribution >= 0.6 is 0 Å². The van der Waals surface area contributed by atoms with Crippen molar-refractivity contribution in [3.63, 3.8) is 0 Å². The van der Waals surface area contributed by atoms with E-state index in [-0.39, 0.29) is 12.1 Å². The molecule has 5 nitrogen and oxygen atoms in total. The topological polar surface area (TPSA) is 80.3 Å². The number of hydrogen-bond donors (Lipinski definition) is 3. The van der Waals surface area contributed by atoms with Gasteiger partial charge >= 0.3 is 0 Å². The molecule has 1 heterocycles. The molecule has 1 aliphatic carbocycles. The van der Waals surface area contributed by atoms with Crippen LogP contribution in [0.5, 0.6) is 0 Å². The van der Waals surface area contributed by atoms with Gasteiger partial charge in [0.2, 0.25) is 0 Å². The van der Waals surface area contributed by atoms with Crippen molar-refractivity contribution in [2.24, 2.45) is 5.73 Å². The molecule has 0 spiro atoms. The Hall–Kier alpha value is -3.05. The fourth-order valence-corrected chi connectivity index (χ4v) is 3.75. The van der Waals surface area contributed by atoms with Crippen LogP contribution in [0.1, 0.15) is 48.7 Å². The molecule has 0 atom stereocenters. The van der Waals surface area contributed by atoms with Gasteiger partial charge in [0.1, 0.15) is 0 Å². The third-order valence-corrected chi connectivity index (χ3v) is 5.35. The third kappa shape index (κ3) is 5.06. The highest BCUT2D eigenvalue weighted by molar-refractivity contribution is 5.99. The Morgan fingerprint density at radius 3 is 2.69 bits per heavy atom. The number of hydrogen-bond acceptors (Lipinski definition) is 3. The zero-order chi connectivity index (χ0) is 20.8. The van der Waals surface area contributed by atoms with Crippen LogP contribution < -0.4 is 11.1 Å². The average Bonchev–Trinajstić information content (AvgIpc) is 3.19. The molecule has 1 fully saturated rings. The molecule has 0 unspecified atom stereocenters. The van der Waals surface area contributed by atoms with E-state index in [2.05, 4.69) is 29.5 Å². The number of aliphatic hydroxyl groups excluding tert-OH is 1. The van der Waals surface area contributed by atoms with E-state index in [9.17, 15) is 9.90 Å². The first-order valence-corrected chi connectivity index (χ1v) is 10.0. The Morgan fingerprint density at radius 2 is 2.00 bits per heavy atom. The molecule has 4 N–H and O–H groups in total. The van der Waals surface area contributed by atoms with E-state index in [1.807, 2.05) is 42.6 Å². The van der Waals surface area contributed by atoms with Crippen molar-refractivity contribution in [2.45, 2.75) is 44.8 Å². The number of aromatic nitrogens is 1. The summed E-state index contributed by atoms with van der Waals surface area (Å²) in [5, 5.41) is 13.2. The van der Waals surface area contributed by atoms with Crippen LogP contribution in [0.3, 0.4) is 0 Å². The van der Waals surface area contributed by atoms with Gasteiger partial charge in [-0.1, -0.05) is 30.9 Å². The SMILES string of the molecule is C=C/C=C\C=C(/C)c1cccn1-c1ccc(C(N)=O)c(N[C@H]2CC[C@H](O)CC2)c1. The number of aliphatic hydroxyl groups is 1. The van der Waals surface area contributed by atoms with Gasteiger partial charge in [0.05, 0.1) is 11.7 Å². The summed E-state index contributed by atoms with van der Waals surface area (Å²) in [5.74, 6) is -0.451. The van der Waals surface area contributed by atoms with E-state index >= 15 is 0 Å². The van der Waals surface area contributed by atoms with Crippen LogP contribution in [0.4, 0.5) is 5.69 Å². The quantitative estimate of drug-likeness (QED) is 0.611. The summed E-state index contributed by atoms with van der Waals surface area (Å²) in [6, 6.07) is 9.94. The molecule has 0 aliphatic heterocycles. The Morgan fingerprint density at radius 1 is 1.24 bits per heavy atom.